The fraction of sp³-hybridized carbons (Fsp3) is 0.263. The zero-order valence-electron chi connectivity index (χ0n) is 14.4. The number of anilines is 2. The van der Waals surface area contributed by atoms with E-state index in [0.717, 1.165) is 5.56 Å². The number of nitrogen functional groups attached to an aromatic ring is 1. The smallest absolute Gasteiger partial charge is 0.148 e. The lowest BCUT2D eigenvalue weighted by atomic mass is 9.65. The molecule has 0 spiro atoms. The molecule has 3 aromatic rings. The van der Waals surface area contributed by atoms with Gasteiger partial charge in [-0.2, -0.15) is 0 Å². The molecule has 0 atom stereocenters. The fourth-order valence-corrected chi connectivity index (χ4v) is 3.38. The molecule has 0 bridgehead atoms. The number of nitrogens with zero attached hydrogens (tertiary/aromatic N) is 4. The summed E-state index contributed by atoms with van der Waals surface area (Å²) < 4.78 is 27.8. The molecular weight excluding hydrogens is 350 g/mol. The highest BCUT2D eigenvalue weighted by Crippen LogP contribution is 2.45. The van der Waals surface area contributed by atoms with Crippen LogP contribution in [0.15, 0.2) is 48.8 Å². The van der Waals surface area contributed by atoms with Crippen molar-refractivity contribution in [2.24, 2.45) is 0 Å². The van der Waals surface area contributed by atoms with Gasteiger partial charge in [0.15, 0.2) is 0 Å². The number of nitrogens with two attached hydrogens (primary N) is 1. The Morgan fingerprint density at radius 2 is 1.96 bits per heavy atom. The van der Waals surface area contributed by atoms with Crippen molar-refractivity contribution >= 4 is 11.6 Å². The Morgan fingerprint density at radius 1 is 1.11 bits per heavy atom. The minimum atomic E-state index is -0.945. The van der Waals surface area contributed by atoms with Gasteiger partial charge in [-0.1, -0.05) is 0 Å². The largest absolute Gasteiger partial charge is 0.384 e. The lowest BCUT2D eigenvalue weighted by Crippen LogP contribution is -2.49. The van der Waals surface area contributed by atoms with Gasteiger partial charge in [0.25, 0.3) is 0 Å². The Labute approximate surface area is 154 Å². The molecule has 8 heteroatoms. The van der Waals surface area contributed by atoms with Crippen molar-refractivity contribution in [3.63, 3.8) is 0 Å². The van der Waals surface area contributed by atoms with Crippen LogP contribution in [0.4, 0.5) is 20.4 Å². The Hall–Kier alpha value is -3.16. The molecule has 1 aliphatic carbocycles. The fourth-order valence-electron chi connectivity index (χ4n) is 3.38. The van der Waals surface area contributed by atoms with Gasteiger partial charge in [0, 0.05) is 29.9 Å². The first-order valence-corrected chi connectivity index (χ1v) is 8.60. The average molecular weight is 368 g/mol. The molecule has 0 aliphatic heterocycles. The minimum absolute atomic E-state index is 0.233. The summed E-state index contributed by atoms with van der Waals surface area (Å²) in [6.07, 6.45) is 2.68. The number of alkyl halides is 1. The molecule has 1 aliphatic rings. The number of rotatable bonds is 5. The van der Waals surface area contributed by atoms with E-state index < -0.39 is 17.4 Å². The Kier molecular flexibility index (Phi) is 4.39. The summed E-state index contributed by atoms with van der Waals surface area (Å²) >= 11 is 0. The van der Waals surface area contributed by atoms with Gasteiger partial charge in [0.2, 0.25) is 0 Å². The molecule has 0 radical (unpaired) electrons. The normalized spacial score (nSPS) is 21.5. The summed E-state index contributed by atoms with van der Waals surface area (Å²) in [6.45, 7) is 0.332. The number of hydrogen-bond donors (Lipinski definition) is 2. The van der Waals surface area contributed by atoms with Crippen molar-refractivity contribution in [3.8, 4) is 11.3 Å². The minimum Gasteiger partial charge on any atom is -0.384 e. The first-order valence-electron chi connectivity index (χ1n) is 8.60. The molecule has 27 heavy (non-hydrogen) atoms. The second kappa shape index (κ2) is 6.86. The van der Waals surface area contributed by atoms with E-state index in [1.54, 1.807) is 24.4 Å². The van der Waals surface area contributed by atoms with Crippen molar-refractivity contribution < 1.29 is 8.78 Å². The number of pyridine rings is 2. The lowest BCUT2D eigenvalue weighted by molar-refractivity contribution is 0.0964. The molecule has 4 rings (SSSR count). The highest BCUT2D eigenvalue weighted by atomic mass is 19.1. The predicted molar refractivity (Wildman–Crippen MR) is 98.2 cm³/mol. The third kappa shape index (κ3) is 3.42. The molecule has 3 N–H and O–H groups in total. The molecular formula is C19H18F2N6. The van der Waals surface area contributed by atoms with Crippen LogP contribution >= 0.6 is 0 Å². The van der Waals surface area contributed by atoms with Crippen LogP contribution < -0.4 is 11.1 Å². The third-order valence-corrected chi connectivity index (χ3v) is 4.84. The van der Waals surface area contributed by atoms with E-state index in [0.29, 0.717) is 29.6 Å². The predicted octanol–water partition coefficient (Wildman–Crippen LogP) is 3.14. The van der Waals surface area contributed by atoms with Crippen molar-refractivity contribution in [2.75, 3.05) is 17.6 Å². The summed E-state index contributed by atoms with van der Waals surface area (Å²) in [5.41, 5.74) is 6.66. The number of aromatic nitrogens is 4. The highest BCUT2D eigenvalue weighted by molar-refractivity contribution is 5.59. The molecule has 0 aromatic carbocycles. The molecule has 0 amide bonds. The third-order valence-electron chi connectivity index (χ3n) is 4.84. The van der Waals surface area contributed by atoms with E-state index >= 15 is 0 Å². The van der Waals surface area contributed by atoms with Gasteiger partial charge in [0.05, 0.1) is 11.4 Å². The Bertz CT molecular complexity index is 924. The maximum Gasteiger partial charge on any atom is 0.148 e. The first-order chi connectivity index (χ1) is 13.1. The average Bonchev–Trinajstić information content (AvgIpc) is 2.66. The van der Waals surface area contributed by atoms with Crippen LogP contribution in [-0.4, -0.2) is 32.9 Å². The van der Waals surface area contributed by atoms with E-state index in [1.165, 1.54) is 18.3 Å². The summed E-state index contributed by atoms with van der Waals surface area (Å²) in [4.78, 5) is 8.18. The standard InChI is InChI=1S/C19H18F2N6/c20-13-8-19(9-13,18-14(21)2-1-7-23-18)11-25-17-6-4-15(26-27-17)12-3-5-16(22)24-10-12/h1-7,10,13H,8-9,11H2,(H2,22,24)(H,25,27)/t13-,19-. The summed E-state index contributed by atoms with van der Waals surface area (Å²) in [7, 11) is 0. The van der Waals surface area contributed by atoms with Crippen LogP contribution in [-0.2, 0) is 5.41 Å². The Morgan fingerprint density at radius 3 is 2.59 bits per heavy atom. The van der Waals surface area contributed by atoms with Crippen molar-refractivity contribution in [1.29, 1.82) is 0 Å². The van der Waals surface area contributed by atoms with Crippen molar-refractivity contribution in [1.82, 2.24) is 20.2 Å². The van der Waals surface area contributed by atoms with Gasteiger partial charge in [-0.05, 0) is 49.2 Å². The van der Waals surface area contributed by atoms with Gasteiger partial charge >= 0.3 is 0 Å². The monoisotopic (exact) mass is 368 g/mol. The van der Waals surface area contributed by atoms with Gasteiger partial charge in [-0.3, -0.25) is 4.98 Å². The quantitative estimate of drug-likeness (QED) is 0.719. The molecule has 3 aromatic heterocycles. The second-order valence-electron chi connectivity index (χ2n) is 6.75. The molecule has 0 unspecified atom stereocenters. The van der Waals surface area contributed by atoms with Crippen LogP contribution in [0.1, 0.15) is 18.5 Å². The SMILES string of the molecule is Nc1ccc(-c2ccc(NC[C@]3(c4ncccc4F)C[C@H](F)C3)nn2)cn1. The lowest BCUT2D eigenvalue weighted by Gasteiger charge is -2.43. The van der Waals surface area contributed by atoms with E-state index in [1.807, 2.05) is 6.07 Å². The molecule has 0 saturated heterocycles. The van der Waals surface area contributed by atoms with Gasteiger partial charge in [-0.25, -0.2) is 13.8 Å². The topological polar surface area (TPSA) is 89.6 Å². The van der Waals surface area contributed by atoms with Gasteiger partial charge in [0.1, 0.15) is 23.6 Å². The van der Waals surface area contributed by atoms with E-state index in [-0.39, 0.29) is 12.8 Å². The van der Waals surface area contributed by atoms with E-state index in [2.05, 4.69) is 25.5 Å². The van der Waals surface area contributed by atoms with E-state index in [9.17, 15) is 8.78 Å². The zero-order valence-corrected chi connectivity index (χ0v) is 14.4. The summed E-state index contributed by atoms with van der Waals surface area (Å²) in [6, 6.07) is 9.96. The zero-order chi connectivity index (χ0) is 18.9. The van der Waals surface area contributed by atoms with Crippen molar-refractivity contribution in [2.45, 2.75) is 24.4 Å². The van der Waals surface area contributed by atoms with Crippen LogP contribution in [0.2, 0.25) is 0 Å². The van der Waals surface area contributed by atoms with Crippen LogP contribution in [0, 0.1) is 5.82 Å². The first kappa shape index (κ1) is 17.3. The molecule has 6 nitrogen and oxygen atoms in total. The summed E-state index contributed by atoms with van der Waals surface area (Å²) in [5, 5.41) is 11.5. The Balaban J connectivity index is 1.49. The maximum atomic E-state index is 14.2. The van der Waals surface area contributed by atoms with Crippen molar-refractivity contribution in [3.05, 3.63) is 60.3 Å². The molecule has 1 saturated carbocycles. The molecule has 1 fully saturated rings. The highest BCUT2D eigenvalue weighted by Gasteiger charge is 2.48. The molecule has 138 valence electrons. The number of hydrogen-bond acceptors (Lipinski definition) is 6. The second-order valence-corrected chi connectivity index (χ2v) is 6.75. The number of halogens is 2. The number of nitrogens with one attached hydrogen (secondary N) is 1. The van der Waals surface area contributed by atoms with Crippen LogP contribution in [0.25, 0.3) is 11.3 Å². The van der Waals surface area contributed by atoms with E-state index in [4.69, 9.17) is 5.73 Å². The van der Waals surface area contributed by atoms with Crippen LogP contribution in [0.5, 0.6) is 0 Å². The van der Waals surface area contributed by atoms with Gasteiger partial charge < -0.3 is 11.1 Å². The van der Waals surface area contributed by atoms with Crippen LogP contribution in [0.3, 0.4) is 0 Å². The molecule has 3 heterocycles. The maximum absolute atomic E-state index is 14.2. The summed E-state index contributed by atoms with van der Waals surface area (Å²) in [5.74, 6) is 0.548. The van der Waals surface area contributed by atoms with Gasteiger partial charge in [-0.15, -0.1) is 10.2 Å².